The van der Waals surface area contributed by atoms with Gasteiger partial charge in [-0.05, 0) is 61.9 Å². The highest BCUT2D eigenvalue weighted by molar-refractivity contribution is 5.94. The van der Waals surface area contributed by atoms with E-state index in [4.69, 9.17) is 4.98 Å². The van der Waals surface area contributed by atoms with E-state index in [9.17, 15) is 9.18 Å². The van der Waals surface area contributed by atoms with E-state index in [0.717, 1.165) is 60.3 Å². The molecule has 1 fully saturated rings. The Kier molecular flexibility index (Phi) is 4.19. The topological polar surface area (TPSA) is 70.7 Å². The zero-order valence-electron chi connectivity index (χ0n) is 15.4. The van der Waals surface area contributed by atoms with Crippen LogP contribution in [0.2, 0.25) is 0 Å². The monoisotopic (exact) mass is 376 g/mol. The van der Waals surface area contributed by atoms with Crippen molar-refractivity contribution in [2.45, 2.75) is 38.0 Å². The van der Waals surface area contributed by atoms with E-state index >= 15 is 0 Å². The number of imidazole rings is 1. The second-order valence-corrected chi connectivity index (χ2v) is 7.68. The molecule has 0 amide bonds. The number of hydrogen-bond donors (Lipinski definition) is 2. The number of nitrogens with zero attached hydrogens (tertiary/aromatic N) is 2. The third-order valence-corrected chi connectivity index (χ3v) is 5.95. The molecular formula is C22H21FN4O. The Morgan fingerprint density at radius 1 is 1.14 bits per heavy atom. The lowest BCUT2D eigenvalue weighted by Crippen LogP contribution is -2.14. The number of pyridine rings is 1. The van der Waals surface area contributed by atoms with E-state index < -0.39 is 0 Å². The normalized spacial score (nSPS) is 20.3. The molecule has 1 aromatic carbocycles. The van der Waals surface area contributed by atoms with E-state index in [1.54, 1.807) is 12.3 Å². The first-order valence-electron chi connectivity index (χ1n) is 9.79. The smallest absolute Gasteiger partial charge is 0.139 e. The molecule has 142 valence electrons. The lowest BCUT2D eigenvalue weighted by molar-refractivity contribution is -0.108. The van der Waals surface area contributed by atoms with Crippen LogP contribution in [-0.2, 0) is 4.79 Å². The summed E-state index contributed by atoms with van der Waals surface area (Å²) in [7, 11) is 0. The number of benzene rings is 1. The Morgan fingerprint density at radius 3 is 2.82 bits per heavy atom. The van der Waals surface area contributed by atoms with Gasteiger partial charge in [0.1, 0.15) is 29.4 Å². The van der Waals surface area contributed by atoms with Crippen LogP contribution in [0.1, 0.15) is 43.8 Å². The van der Waals surface area contributed by atoms with Crippen LogP contribution in [0, 0.1) is 11.7 Å². The number of carbonyl (C=O) groups excluding carboxylic acids is 1. The summed E-state index contributed by atoms with van der Waals surface area (Å²) in [5.41, 5.74) is 4.24. The first-order valence-corrected chi connectivity index (χ1v) is 9.79. The molecule has 0 bridgehead atoms. The van der Waals surface area contributed by atoms with Crippen LogP contribution in [0.5, 0.6) is 0 Å². The fourth-order valence-electron chi connectivity index (χ4n) is 4.44. The van der Waals surface area contributed by atoms with Crippen molar-refractivity contribution < 1.29 is 9.18 Å². The number of carbonyl (C=O) groups is 1. The highest BCUT2D eigenvalue weighted by Gasteiger charge is 2.28. The van der Waals surface area contributed by atoms with Crippen LogP contribution in [0.4, 0.5) is 15.9 Å². The van der Waals surface area contributed by atoms with E-state index in [0.29, 0.717) is 29.8 Å². The maximum atomic E-state index is 13.9. The van der Waals surface area contributed by atoms with Gasteiger partial charge in [0.05, 0.1) is 11.4 Å². The number of fused-ring (bicyclic) bond motifs is 5. The summed E-state index contributed by atoms with van der Waals surface area (Å²) in [6, 6.07) is 8.63. The molecule has 2 N–H and O–H groups in total. The lowest BCUT2D eigenvalue weighted by atomic mass is 9.80. The summed E-state index contributed by atoms with van der Waals surface area (Å²) in [5.74, 6) is 2.22. The number of hydrogen-bond acceptors (Lipinski definition) is 4. The van der Waals surface area contributed by atoms with Crippen molar-refractivity contribution in [2.24, 2.45) is 5.92 Å². The Hall–Kier alpha value is -3.02. The number of H-pyrrole nitrogens is 1. The number of nitrogens with one attached hydrogen (secondary N) is 2. The molecule has 2 aliphatic rings. The van der Waals surface area contributed by atoms with Gasteiger partial charge in [-0.15, -0.1) is 0 Å². The van der Waals surface area contributed by atoms with Crippen molar-refractivity contribution >= 4 is 17.8 Å². The molecule has 3 aromatic rings. The minimum absolute atomic E-state index is 0.291. The van der Waals surface area contributed by atoms with Gasteiger partial charge in [0.15, 0.2) is 0 Å². The van der Waals surface area contributed by atoms with Gasteiger partial charge in [-0.2, -0.15) is 0 Å². The average Bonchev–Trinajstić information content (AvgIpc) is 3.09. The molecule has 6 heteroatoms. The number of aldehydes is 1. The minimum Gasteiger partial charge on any atom is -0.341 e. The van der Waals surface area contributed by atoms with E-state index in [1.165, 1.54) is 12.1 Å². The second kappa shape index (κ2) is 6.86. The van der Waals surface area contributed by atoms with Crippen LogP contribution in [0.3, 0.4) is 0 Å². The summed E-state index contributed by atoms with van der Waals surface area (Å²) >= 11 is 0. The fourth-order valence-corrected chi connectivity index (χ4v) is 4.44. The fraction of sp³-hybridized carbons (Fsp3) is 0.318. The second-order valence-electron chi connectivity index (χ2n) is 7.68. The molecular weight excluding hydrogens is 355 g/mol. The third kappa shape index (κ3) is 2.89. The highest BCUT2D eigenvalue weighted by Crippen LogP contribution is 2.44. The van der Waals surface area contributed by atoms with Gasteiger partial charge in [0.25, 0.3) is 0 Å². The van der Waals surface area contributed by atoms with E-state index in [2.05, 4.69) is 15.3 Å². The van der Waals surface area contributed by atoms with E-state index in [1.807, 2.05) is 12.1 Å². The SMILES string of the molecule is O=CCC1CCC(c2nc3c([nH]2)-c2ccc(F)cc2Nc2ncccc2-3)CC1. The van der Waals surface area contributed by atoms with Crippen LogP contribution in [-0.4, -0.2) is 21.2 Å². The van der Waals surface area contributed by atoms with E-state index in [-0.39, 0.29) is 5.82 Å². The molecule has 3 heterocycles. The molecule has 2 aromatic heterocycles. The maximum Gasteiger partial charge on any atom is 0.139 e. The first-order chi connectivity index (χ1) is 13.7. The van der Waals surface area contributed by atoms with Crippen LogP contribution in [0.15, 0.2) is 36.5 Å². The van der Waals surface area contributed by atoms with Crippen LogP contribution < -0.4 is 5.32 Å². The zero-order chi connectivity index (χ0) is 19.1. The van der Waals surface area contributed by atoms with Gasteiger partial charge in [-0.3, -0.25) is 0 Å². The molecule has 0 saturated heterocycles. The van der Waals surface area contributed by atoms with Crippen molar-refractivity contribution in [3.63, 3.8) is 0 Å². The third-order valence-electron chi connectivity index (χ3n) is 5.95. The molecule has 28 heavy (non-hydrogen) atoms. The minimum atomic E-state index is -0.291. The summed E-state index contributed by atoms with van der Waals surface area (Å²) in [4.78, 5) is 23.7. The van der Waals surface area contributed by atoms with Gasteiger partial charge >= 0.3 is 0 Å². The number of halogens is 1. The molecule has 0 spiro atoms. The number of aromatic amines is 1. The largest absolute Gasteiger partial charge is 0.341 e. The van der Waals surface area contributed by atoms with Gasteiger partial charge in [0, 0.05) is 29.7 Å². The van der Waals surface area contributed by atoms with Gasteiger partial charge in [-0.25, -0.2) is 14.4 Å². The Bertz CT molecular complexity index is 1040. The molecule has 5 rings (SSSR count). The lowest BCUT2D eigenvalue weighted by Gasteiger charge is -2.26. The van der Waals surface area contributed by atoms with Crippen LogP contribution in [0.25, 0.3) is 22.5 Å². The molecule has 0 radical (unpaired) electrons. The summed E-state index contributed by atoms with van der Waals surface area (Å²) < 4.78 is 13.9. The Morgan fingerprint density at radius 2 is 2.00 bits per heavy atom. The van der Waals surface area contributed by atoms with Gasteiger partial charge < -0.3 is 15.1 Å². The summed E-state index contributed by atoms with van der Waals surface area (Å²) in [6.07, 6.45) is 7.57. The van der Waals surface area contributed by atoms with Crippen molar-refractivity contribution in [1.29, 1.82) is 0 Å². The zero-order valence-corrected chi connectivity index (χ0v) is 15.4. The summed E-state index contributed by atoms with van der Waals surface area (Å²) in [6.45, 7) is 0. The average molecular weight is 376 g/mol. The molecule has 1 saturated carbocycles. The maximum absolute atomic E-state index is 13.9. The summed E-state index contributed by atoms with van der Waals surface area (Å²) in [5, 5.41) is 3.25. The Balaban J connectivity index is 1.58. The highest BCUT2D eigenvalue weighted by atomic mass is 19.1. The van der Waals surface area contributed by atoms with Crippen molar-refractivity contribution in [3.05, 3.63) is 48.2 Å². The predicted octanol–water partition coefficient (Wildman–Crippen LogP) is 5.20. The Labute approximate surface area is 162 Å². The van der Waals surface area contributed by atoms with Crippen molar-refractivity contribution in [3.8, 4) is 22.5 Å². The number of anilines is 2. The molecule has 0 atom stereocenters. The quantitative estimate of drug-likeness (QED) is 0.482. The van der Waals surface area contributed by atoms with Gasteiger partial charge in [-0.1, -0.05) is 0 Å². The molecule has 5 nitrogen and oxygen atoms in total. The van der Waals surface area contributed by atoms with Gasteiger partial charge in [0.2, 0.25) is 0 Å². The number of rotatable bonds is 3. The van der Waals surface area contributed by atoms with Crippen molar-refractivity contribution in [1.82, 2.24) is 15.0 Å². The molecule has 1 aliphatic carbocycles. The predicted molar refractivity (Wildman–Crippen MR) is 106 cm³/mol. The number of aromatic nitrogens is 3. The van der Waals surface area contributed by atoms with Crippen molar-refractivity contribution in [2.75, 3.05) is 5.32 Å². The van der Waals surface area contributed by atoms with Crippen LogP contribution >= 0.6 is 0 Å². The molecule has 1 aliphatic heterocycles. The molecule has 0 unspecified atom stereocenters. The standard InChI is InChI=1S/C22H21FN4O/c23-15-7-8-16-18(12-15)25-22-17(2-1-10-24-22)20-19(16)26-21(27-20)14-5-3-13(4-6-14)9-11-28/h1-2,7-8,10-14H,3-6,9H2,(H,24,25)(H,26,27). The first kappa shape index (κ1) is 17.1.